The van der Waals surface area contributed by atoms with Crippen molar-refractivity contribution in [1.82, 2.24) is 0 Å². The second-order valence-electron chi connectivity index (χ2n) is 8.64. The third kappa shape index (κ3) is 12.1. The highest BCUT2D eigenvalue weighted by Gasteiger charge is 2.30. The fourth-order valence-electron chi connectivity index (χ4n) is 3.43. The van der Waals surface area contributed by atoms with Gasteiger partial charge in [-0.25, -0.2) is 0 Å². The van der Waals surface area contributed by atoms with Gasteiger partial charge in [0.2, 0.25) is 0 Å². The van der Waals surface area contributed by atoms with Crippen LogP contribution in [0, 0.1) is 0 Å². The lowest BCUT2D eigenvalue weighted by molar-refractivity contribution is 0.172. The largest absolute Gasteiger partial charge is 0.864 e. The topological polar surface area (TPSA) is 83.1 Å². The van der Waals surface area contributed by atoms with Crippen LogP contribution in [0.1, 0.15) is 19.3 Å². The molecular formula is C30H39BO9. The summed E-state index contributed by atoms with van der Waals surface area (Å²) in [7, 11) is 3.96. The molecule has 0 aromatic heterocycles. The zero-order valence-corrected chi connectivity index (χ0v) is 23.5. The summed E-state index contributed by atoms with van der Waals surface area (Å²) in [6, 6.07) is 21.9. The van der Waals surface area contributed by atoms with Crippen LogP contribution in [0.25, 0.3) is 0 Å². The molecule has 0 aliphatic heterocycles. The van der Waals surface area contributed by atoms with Crippen molar-refractivity contribution in [1.29, 1.82) is 0 Å². The number of hydrogen-bond donors (Lipinski definition) is 0. The summed E-state index contributed by atoms with van der Waals surface area (Å²) in [5.74, 6) is 3.90. The van der Waals surface area contributed by atoms with Crippen molar-refractivity contribution in [2.75, 3.05) is 61.0 Å². The van der Waals surface area contributed by atoms with Crippen LogP contribution in [-0.2, 0) is 14.2 Å². The minimum atomic E-state index is -1.06. The smallest absolute Gasteiger partial charge is 0.494 e. The Morgan fingerprint density at radius 2 is 0.625 bits per heavy atom. The molecule has 0 heterocycles. The number of benzene rings is 3. The molecule has 3 rings (SSSR count). The van der Waals surface area contributed by atoms with Crippen molar-refractivity contribution in [3.8, 4) is 34.5 Å². The van der Waals surface area contributed by atoms with Crippen molar-refractivity contribution in [2.24, 2.45) is 0 Å². The summed E-state index contributed by atoms with van der Waals surface area (Å²) in [4.78, 5) is 0. The van der Waals surface area contributed by atoms with Crippen molar-refractivity contribution < 1.29 is 42.4 Å². The molecule has 0 bridgehead atoms. The van der Waals surface area contributed by atoms with Crippen LogP contribution < -0.4 is 28.2 Å². The van der Waals surface area contributed by atoms with Gasteiger partial charge in [0, 0.05) is 60.4 Å². The zero-order chi connectivity index (χ0) is 28.3. The molecule has 0 spiro atoms. The van der Waals surface area contributed by atoms with Gasteiger partial charge in [-0.05, 0) is 72.8 Å². The molecule has 10 heteroatoms. The Morgan fingerprint density at radius 1 is 0.375 bits per heavy atom. The van der Waals surface area contributed by atoms with Gasteiger partial charge < -0.3 is 42.4 Å². The Bertz CT molecular complexity index is 910. The van der Waals surface area contributed by atoms with Crippen LogP contribution in [-0.4, -0.2) is 68.3 Å². The zero-order valence-electron chi connectivity index (χ0n) is 23.5. The van der Waals surface area contributed by atoms with Crippen LogP contribution in [0.15, 0.2) is 72.8 Å². The van der Waals surface area contributed by atoms with Gasteiger partial charge in [0.15, 0.2) is 0 Å². The molecule has 3 aromatic rings. The summed E-state index contributed by atoms with van der Waals surface area (Å²) < 4.78 is 50.5. The first-order chi connectivity index (χ1) is 19.7. The summed E-state index contributed by atoms with van der Waals surface area (Å²) in [5, 5.41) is 0. The summed E-state index contributed by atoms with van der Waals surface area (Å²) >= 11 is 0. The van der Waals surface area contributed by atoms with E-state index in [0.29, 0.717) is 56.9 Å². The number of hydrogen-bond acceptors (Lipinski definition) is 9. The molecule has 0 atom stereocenters. The molecule has 0 saturated carbocycles. The van der Waals surface area contributed by atoms with Crippen LogP contribution in [0.2, 0.25) is 0 Å². The predicted octanol–water partition coefficient (Wildman–Crippen LogP) is 5.45. The molecule has 3 aromatic carbocycles. The lowest BCUT2D eigenvalue weighted by Crippen LogP contribution is -2.36. The normalized spacial score (nSPS) is 10.6. The van der Waals surface area contributed by atoms with Crippen LogP contribution >= 0.6 is 0 Å². The average molecular weight is 554 g/mol. The van der Waals surface area contributed by atoms with Crippen molar-refractivity contribution in [3.05, 3.63) is 72.8 Å². The van der Waals surface area contributed by atoms with E-state index in [9.17, 15) is 0 Å². The maximum absolute atomic E-state index is 6.05. The Hall–Kier alpha value is -3.60. The minimum absolute atomic E-state index is 0.561. The van der Waals surface area contributed by atoms with E-state index in [1.165, 1.54) is 0 Å². The quantitative estimate of drug-likeness (QED) is 0.126. The molecule has 216 valence electrons. The molecule has 0 saturated heterocycles. The van der Waals surface area contributed by atoms with Crippen LogP contribution in [0.5, 0.6) is 34.5 Å². The van der Waals surface area contributed by atoms with Gasteiger partial charge in [-0.2, -0.15) is 0 Å². The summed E-state index contributed by atoms with van der Waals surface area (Å²) in [5.41, 5.74) is 0. The first-order valence-electron chi connectivity index (χ1n) is 13.4. The second-order valence-corrected chi connectivity index (χ2v) is 8.64. The van der Waals surface area contributed by atoms with Gasteiger partial charge in [-0.3, -0.25) is 0 Å². The van der Waals surface area contributed by atoms with Crippen molar-refractivity contribution in [3.63, 3.8) is 0 Å². The van der Waals surface area contributed by atoms with Gasteiger partial charge in [-0.1, -0.05) is 0 Å². The fraction of sp³-hybridized carbons (Fsp3) is 0.400. The maximum atomic E-state index is 6.05. The van der Waals surface area contributed by atoms with E-state index in [-0.39, 0.29) is 0 Å². The second kappa shape index (κ2) is 18.6. The highest BCUT2D eigenvalue weighted by molar-refractivity contribution is 6.39. The lowest BCUT2D eigenvalue weighted by atomic mass is 10.2. The molecule has 0 radical (unpaired) electrons. The third-order valence-corrected chi connectivity index (χ3v) is 5.45. The highest BCUT2D eigenvalue weighted by atomic mass is 16.7. The standard InChI is InChI=1S/C30H39BO9/c1-32-19-4-22-35-25-7-13-28(14-8-25)38-31(39-29-15-9-26(10-16-29)36-23-5-20-33-2)40-30-17-11-27(12-18-30)37-24-6-21-34-3/h7-18H,4-6,19-24H2,1-3H3. The van der Waals surface area contributed by atoms with Gasteiger partial charge in [-0.15, -0.1) is 0 Å². The van der Waals surface area contributed by atoms with Crippen LogP contribution in [0.4, 0.5) is 0 Å². The van der Waals surface area contributed by atoms with Crippen molar-refractivity contribution in [2.45, 2.75) is 19.3 Å². The number of ether oxygens (including phenoxy) is 6. The summed E-state index contributed by atoms with van der Waals surface area (Å²) in [6.45, 7) is 3.67. The molecule has 0 aliphatic rings. The SMILES string of the molecule is COCCCOc1ccc(OB(Oc2ccc(OCCCOC)cc2)Oc2ccc(OCCCOC)cc2)cc1. The molecule has 0 fully saturated rings. The van der Waals surface area contributed by atoms with E-state index in [0.717, 1.165) is 36.5 Å². The Morgan fingerprint density at radius 3 is 0.875 bits per heavy atom. The van der Waals surface area contributed by atoms with Crippen molar-refractivity contribution >= 4 is 7.32 Å². The maximum Gasteiger partial charge on any atom is 0.864 e. The molecule has 9 nitrogen and oxygen atoms in total. The first kappa shape index (κ1) is 30.9. The third-order valence-electron chi connectivity index (χ3n) is 5.45. The molecule has 0 amide bonds. The Balaban J connectivity index is 1.62. The molecule has 0 N–H and O–H groups in total. The lowest BCUT2D eigenvalue weighted by Gasteiger charge is -2.17. The fourth-order valence-corrected chi connectivity index (χ4v) is 3.43. The van der Waals surface area contributed by atoms with E-state index in [4.69, 9.17) is 42.4 Å². The van der Waals surface area contributed by atoms with Gasteiger partial charge in [0.25, 0.3) is 0 Å². The van der Waals surface area contributed by atoms with Gasteiger partial charge in [0.1, 0.15) is 34.5 Å². The molecule has 0 aliphatic carbocycles. The van der Waals surface area contributed by atoms with E-state index < -0.39 is 7.32 Å². The van der Waals surface area contributed by atoms with E-state index >= 15 is 0 Å². The van der Waals surface area contributed by atoms with E-state index in [2.05, 4.69) is 0 Å². The Labute approximate surface area is 237 Å². The van der Waals surface area contributed by atoms with E-state index in [1.54, 1.807) is 57.7 Å². The van der Waals surface area contributed by atoms with Gasteiger partial charge >= 0.3 is 7.32 Å². The van der Waals surface area contributed by atoms with Gasteiger partial charge in [0.05, 0.1) is 19.8 Å². The first-order valence-corrected chi connectivity index (χ1v) is 13.4. The minimum Gasteiger partial charge on any atom is -0.494 e. The highest BCUT2D eigenvalue weighted by Crippen LogP contribution is 2.24. The monoisotopic (exact) mass is 554 g/mol. The predicted molar refractivity (Wildman–Crippen MR) is 153 cm³/mol. The Kier molecular flexibility index (Phi) is 14.4. The molecule has 40 heavy (non-hydrogen) atoms. The molecular weight excluding hydrogens is 515 g/mol. The molecule has 0 unspecified atom stereocenters. The van der Waals surface area contributed by atoms with E-state index in [1.807, 2.05) is 36.4 Å². The van der Waals surface area contributed by atoms with Crippen LogP contribution in [0.3, 0.4) is 0 Å². The number of rotatable bonds is 21. The average Bonchev–Trinajstić information content (AvgIpc) is 2.98. The summed E-state index contributed by atoms with van der Waals surface area (Å²) in [6.07, 6.45) is 2.44. The number of methoxy groups -OCH3 is 3.